The number of carbonyl (C=O) groups is 2. The van der Waals surface area contributed by atoms with Crippen LogP contribution in [0.15, 0.2) is 36.9 Å². The Kier molecular flexibility index (Phi) is 5.44. The Hall–Kier alpha value is -2.30. The Labute approximate surface area is 106 Å². The van der Waals surface area contributed by atoms with E-state index in [0.717, 1.165) is 0 Å². The van der Waals surface area contributed by atoms with Crippen LogP contribution in [0.2, 0.25) is 0 Å². The molecule has 0 saturated heterocycles. The Morgan fingerprint density at radius 2 is 2.06 bits per heavy atom. The molecule has 0 unspecified atom stereocenters. The van der Waals surface area contributed by atoms with Gasteiger partial charge in [0.1, 0.15) is 0 Å². The quantitative estimate of drug-likeness (QED) is 0.532. The minimum absolute atomic E-state index is 0.122. The molecular formula is C13H16N2O3. The van der Waals surface area contributed by atoms with Gasteiger partial charge in [-0.1, -0.05) is 24.3 Å². The normalized spacial score (nSPS) is 9.56. The first-order valence-corrected chi connectivity index (χ1v) is 5.59. The molecule has 0 saturated carbocycles. The Balaban J connectivity index is 2.62. The van der Waals surface area contributed by atoms with Crippen molar-refractivity contribution in [3.05, 3.63) is 42.5 Å². The maximum Gasteiger partial charge on any atom is 0.319 e. The van der Waals surface area contributed by atoms with Crippen LogP contribution in [0.3, 0.4) is 0 Å². The van der Waals surface area contributed by atoms with Crippen LogP contribution in [0.25, 0.3) is 0 Å². The molecule has 2 amide bonds. The summed E-state index contributed by atoms with van der Waals surface area (Å²) in [6.07, 6.45) is 2.27. The highest BCUT2D eigenvalue weighted by molar-refractivity contribution is 5.90. The number of anilines is 1. The average molecular weight is 248 g/mol. The number of carboxylic acid groups (broad SMARTS) is 1. The fourth-order valence-corrected chi connectivity index (χ4v) is 1.41. The number of urea groups is 1. The van der Waals surface area contributed by atoms with Gasteiger partial charge in [0.2, 0.25) is 0 Å². The number of nitrogens with one attached hydrogen (secondary N) is 2. The van der Waals surface area contributed by atoms with Gasteiger partial charge in [-0.05, 0) is 18.1 Å². The summed E-state index contributed by atoms with van der Waals surface area (Å²) in [5.74, 6) is -0.934. The highest BCUT2D eigenvalue weighted by Crippen LogP contribution is 2.15. The zero-order valence-electron chi connectivity index (χ0n) is 9.98. The van der Waals surface area contributed by atoms with Crippen molar-refractivity contribution in [1.82, 2.24) is 5.32 Å². The molecule has 3 N–H and O–H groups in total. The Bertz CT molecular complexity index is 444. The molecule has 1 aromatic rings. The van der Waals surface area contributed by atoms with E-state index in [1.54, 1.807) is 30.3 Å². The van der Waals surface area contributed by atoms with Crippen molar-refractivity contribution >= 4 is 17.7 Å². The van der Waals surface area contributed by atoms with Crippen LogP contribution < -0.4 is 10.6 Å². The van der Waals surface area contributed by atoms with Crippen molar-refractivity contribution in [3.63, 3.8) is 0 Å². The highest BCUT2D eigenvalue weighted by atomic mass is 16.4. The molecule has 0 bridgehead atoms. The van der Waals surface area contributed by atoms with Crippen molar-refractivity contribution < 1.29 is 14.7 Å². The standard InChI is InChI=1S/C13H16N2O3/c1-2-3-8-14-13(18)15-11-7-5-4-6-10(11)9-12(16)17/h2,4-7H,1,3,8-9H2,(H,16,17)(H2,14,15,18). The molecule has 0 spiro atoms. The highest BCUT2D eigenvalue weighted by Gasteiger charge is 2.08. The number of amides is 2. The second kappa shape index (κ2) is 7.11. The molecule has 0 atom stereocenters. The fraction of sp³-hybridized carbons (Fsp3) is 0.231. The molecule has 0 aliphatic rings. The third-order valence-corrected chi connectivity index (χ3v) is 2.24. The van der Waals surface area contributed by atoms with E-state index < -0.39 is 5.97 Å². The molecule has 5 heteroatoms. The molecule has 0 heterocycles. The van der Waals surface area contributed by atoms with Gasteiger partial charge in [-0.25, -0.2) is 4.79 Å². The van der Waals surface area contributed by atoms with Crippen molar-refractivity contribution in [2.75, 3.05) is 11.9 Å². The average Bonchev–Trinajstić information content (AvgIpc) is 2.31. The van der Waals surface area contributed by atoms with Gasteiger partial charge in [-0.3, -0.25) is 4.79 Å². The molecule has 1 aromatic carbocycles. The minimum Gasteiger partial charge on any atom is -0.481 e. The van der Waals surface area contributed by atoms with Crippen molar-refractivity contribution in [2.24, 2.45) is 0 Å². The van der Waals surface area contributed by atoms with E-state index in [0.29, 0.717) is 24.2 Å². The monoisotopic (exact) mass is 248 g/mol. The van der Waals surface area contributed by atoms with Crippen LogP contribution in [0, 0.1) is 0 Å². The zero-order chi connectivity index (χ0) is 13.4. The SMILES string of the molecule is C=CCCNC(=O)Nc1ccccc1CC(=O)O. The summed E-state index contributed by atoms with van der Waals surface area (Å²) >= 11 is 0. The number of hydrogen-bond donors (Lipinski definition) is 3. The molecular weight excluding hydrogens is 232 g/mol. The van der Waals surface area contributed by atoms with E-state index in [1.807, 2.05) is 0 Å². The lowest BCUT2D eigenvalue weighted by atomic mass is 10.1. The van der Waals surface area contributed by atoms with Crippen LogP contribution in [0.5, 0.6) is 0 Å². The minimum atomic E-state index is -0.934. The number of para-hydroxylation sites is 1. The summed E-state index contributed by atoms with van der Waals surface area (Å²) in [5, 5.41) is 14.0. The summed E-state index contributed by atoms with van der Waals surface area (Å²) in [6.45, 7) is 4.05. The molecule has 0 radical (unpaired) electrons. The van der Waals surface area contributed by atoms with E-state index in [1.165, 1.54) is 0 Å². The van der Waals surface area contributed by atoms with Crippen LogP contribution in [-0.2, 0) is 11.2 Å². The molecule has 0 aromatic heterocycles. The number of carbonyl (C=O) groups excluding carboxylic acids is 1. The molecule has 5 nitrogen and oxygen atoms in total. The number of benzene rings is 1. The summed E-state index contributed by atoms with van der Waals surface area (Å²) in [4.78, 5) is 22.2. The topological polar surface area (TPSA) is 78.4 Å². The van der Waals surface area contributed by atoms with Gasteiger partial charge < -0.3 is 15.7 Å². The molecule has 1 rings (SSSR count). The van der Waals surface area contributed by atoms with Crippen LogP contribution in [-0.4, -0.2) is 23.7 Å². The van der Waals surface area contributed by atoms with Gasteiger partial charge >= 0.3 is 12.0 Å². The molecule has 0 aliphatic heterocycles. The third-order valence-electron chi connectivity index (χ3n) is 2.24. The number of aliphatic carboxylic acids is 1. The van der Waals surface area contributed by atoms with Crippen LogP contribution >= 0.6 is 0 Å². The first-order valence-electron chi connectivity index (χ1n) is 5.59. The van der Waals surface area contributed by atoms with Gasteiger partial charge in [0.05, 0.1) is 6.42 Å². The van der Waals surface area contributed by atoms with E-state index in [4.69, 9.17) is 5.11 Å². The van der Waals surface area contributed by atoms with Crippen LogP contribution in [0.1, 0.15) is 12.0 Å². The predicted octanol–water partition coefficient (Wildman–Crippen LogP) is 2.01. The second-order valence-corrected chi connectivity index (χ2v) is 3.69. The maximum atomic E-state index is 11.5. The summed E-state index contributed by atoms with van der Waals surface area (Å²) in [5.41, 5.74) is 1.08. The fourth-order valence-electron chi connectivity index (χ4n) is 1.41. The van der Waals surface area contributed by atoms with Crippen LogP contribution in [0.4, 0.5) is 10.5 Å². The van der Waals surface area contributed by atoms with Crippen molar-refractivity contribution in [1.29, 1.82) is 0 Å². The Morgan fingerprint density at radius 3 is 2.72 bits per heavy atom. The second-order valence-electron chi connectivity index (χ2n) is 3.69. The van der Waals surface area contributed by atoms with Gasteiger partial charge in [-0.15, -0.1) is 6.58 Å². The summed E-state index contributed by atoms with van der Waals surface area (Å²) < 4.78 is 0. The summed E-state index contributed by atoms with van der Waals surface area (Å²) in [7, 11) is 0. The Morgan fingerprint density at radius 1 is 1.33 bits per heavy atom. The van der Waals surface area contributed by atoms with Crippen molar-refractivity contribution in [2.45, 2.75) is 12.8 Å². The van der Waals surface area contributed by atoms with Crippen molar-refractivity contribution in [3.8, 4) is 0 Å². The number of hydrogen-bond acceptors (Lipinski definition) is 2. The van der Waals surface area contributed by atoms with Gasteiger partial charge in [-0.2, -0.15) is 0 Å². The largest absolute Gasteiger partial charge is 0.481 e. The van der Waals surface area contributed by atoms with E-state index in [-0.39, 0.29) is 12.5 Å². The third kappa shape index (κ3) is 4.69. The predicted molar refractivity (Wildman–Crippen MR) is 69.6 cm³/mol. The lowest BCUT2D eigenvalue weighted by molar-refractivity contribution is -0.136. The molecule has 0 aliphatic carbocycles. The van der Waals surface area contributed by atoms with E-state index in [9.17, 15) is 9.59 Å². The smallest absolute Gasteiger partial charge is 0.319 e. The first kappa shape index (κ1) is 13.8. The molecule has 96 valence electrons. The van der Waals surface area contributed by atoms with E-state index in [2.05, 4.69) is 17.2 Å². The maximum absolute atomic E-state index is 11.5. The molecule has 18 heavy (non-hydrogen) atoms. The van der Waals surface area contributed by atoms with Gasteiger partial charge in [0.15, 0.2) is 0 Å². The van der Waals surface area contributed by atoms with E-state index >= 15 is 0 Å². The lowest BCUT2D eigenvalue weighted by Crippen LogP contribution is -2.29. The zero-order valence-corrected chi connectivity index (χ0v) is 9.98. The van der Waals surface area contributed by atoms with Gasteiger partial charge in [0.25, 0.3) is 0 Å². The number of rotatable bonds is 6. The first-order chi connectivity index (χ1) is 8.63. The summed E-state index contributed by atoms with van der Waals surface area (Å²) in [6, 6.07) is 6.47. The molecule has 0 fully saturated rings. The lowest BCUT2D eigenvalue weighted by Gasteiger charge is -2.10. The van der Waals surface area contributed by atoms with Gasteiger partial charge in [0, 0.05) is 12.2 Å². The number of carboxylic acids is 1.